The molecule has 2 aromatic rings. The van der Waals surface area contributed by atoms with Gasteiger partial charge in [-0.2, -0.15) is 0 Å². The largest absolute Gasteiger partial charge is 0.387 e. The number of nitro groups is 1. The Morgan fingerprint density at radius 1 is 1.12 bits per heavy atom. The van der Waals surface area contributed by atoms with E-state index in [1.54, 1.807) is 0 Å². The summed E-state index contributed by atoms with van der Waals surface area (Å²) in [6.45, 7) is 0.148. The molecule has 26 heavy (non-hydrogen) atoms. The first kappa shape index (κ1) is 18.0. The third-order valence-corrected chi connectivity index (χ3v) is 4.32. The first-order valence-corrected chi connectivity index (χ1v) is 8.55. The molecular formula is C19H21N3O4. The fraction of sp³-hybridized carbons (Fsp3) is 0.316. The van der Waals surface area contributed by atoms with Crippen molar-refractivity contribution in [1.82, 2.24) is 10.6 Å². The molecule has 0 aromatic heterocycles. The number of aliphatic hydroxyl groups excluding tert-OH is 1. The highest BCUT2D eigenvalue weighted by molar-refractivity contribution is 5.83. The Morgan fingerprint density at radius 3 is 2.35 bits per heavy atom. The van der Waals surface area contributed by atoms with Crippen LogP contribution in [0.25, 0.3) is 0 Å². The van der Waals surface area contributed by atoms with Gasteiger partial charge in [0.25, 0.3) is 5.69 Å². The first-order valence-electron chi connectivity index (χ1n) is 8.55. The highest BCUT2D eigenvalue weighted by Crippen LogP contribution is 2.22. The normalized spacial score (nSPS) is 15.9. The molecule has 7 nitrogen and oxygen atoms in total. The molecule has 1 amide bonds. The van der Waals surface area contributed by atoms with E-state index in [2.05, 4.69) is 10.6 Å². The summed E-state index contributed by atoms with van der Waals surface area (Å²) in [5.41, 5.74) is 1.35. The van der Waals surface area contributed by atoms with Crippen molar-refractivity contribution in [3.63, 3.8) is 0 Å². The van der Waals surface area contributed by atoms with Crippen LogP contribution in [-0.2, 0) is 4.79 Å². The van der Waals surface area contributed by atoms with Gasteiger partial charge in [-0.05, 0) is 36.1 Å². The molecule has 136 valence electrons. The van der Waals surface area contributed by atoms with Crippen molar-refractivity contribution in [3.8, 4) is 0 Å². The maximum atomic E-state index is 12.5. The van der Waals surface area contributed by atoms with E-state index in [1.807, 2.05) is 30.3 Å². The summed E-state index contributed by atoms with van der Waals surface area (Å²) in [7, 11) is 0. The molecule has 3 N–H and O–H groups in total. The lowest BCUT2D eigenvalue weighted by Gasteiger charge is -2.21. The standard InChI is InChI=1S/C19H21N3O4/c23-17(13-6-10-16(11-7-13)22(25)26)12-20-18(14-4-2-1-3-5-14)19(24)21-15-8-9-15/h1-7,10-11,15,17-18,20,23H,8-9,12H2,(H,21,24)/t17-,18-/m0/s1. The van der Waals surface area contributed by atoms with Crippen LogP contribution >= 0.6 is 0 Å². The third kappa shape index (κ3) is 4.65. The van der Waals surface area contributed by atoms with Gasteiger partial charge in [0.1, 0.15) is 6.04 Å². The van der Waals surface area contributed by atoms with E-state index >= 15 is 0 Å². The molecule has 1 aliphatic carbocycles. The summed E-state index contributed by atoms with van der Waals surface area (Å²) in [6, 6.07) is 14.8. The third-order valence-electron chi connectivity index (χ3n) is 4.32. The minimum atomic E-state index is -0.879. The molecule has 0 heterocycles. The smallest absolute Gasteiger partial charge is 0.269 e. The Bertz CT molecular complexity index is 760. The monoisotopic (exact) mass is 355 g/mol. The van der Waals surface area contributed by atoms with Gasteiger partial charge in [-0.15, -0.1) is 0 Å². The van der Waals surface area contributed by atoms with Crippen LogP contribution in [0.2, 0.25) is 0 Å². The minimum Gasteiger partial charge on any atom is -0.387 e. The molecular weight excluding hydrogens is 334 g/mol. The van der Waals surface area contributed by atoms with Crippen LogP contribution in [0.3, 0.4) is 0 Å². The van der Waals surface area contributed by atoms with Crippen LogP contribution in [0.5, 0.6) is 0 Å². The summed E-state index contributed by atoms with van der Waals surface area (Å²) in [4.78, 5) is 22.8. The molecule has 0 unspecified atom stereocenters. The number of nitrogens with zero attached hydrogens (tertiary/aromatic N) is 1. The van der Waals surface area contributed by atoms with Crippen molar-refractivity contribution in [2.45, 2.75) is 31.0 Å². The number of amides is 1. The number of non-ortho nitro benzene ring substituents is 1. The van der Waals surface area contributed by atoms with Gasteiger partial charge in [0.15, 0.2) is 0 Å². The molecule has 0 bridgehead atoms. The number of rotatable bonds is 8. The van der Waals surface area contributed by atoms with E-state index in [-0.39, 0.29) is 24.2 Å². The maximum Gasteiger partial charge on any atom is 0.269 e. The summed E-state index contributed by atoms with van der Waals surface area (Å²) < 4.78 is 0. The summed E-state index contributed by atoms with van der Waals surface area (Å²) in [5, 5.41) is 27.2. The van der Waals surface area contributed by atoms with Gasteiger partial charge in [0.2, 0.25) is 5.91 Å². The summed E-state index contributed by atoms with van der Waals surface area (Å²) >= 11 is 0. The topological polar surface area (TPSA) is 104 Å². The van der Waals surface area contributed by atoms with E-state index < -0.39 is 17.1 Å². The molecule has 0 spiro atoms. The first-order chi connectivity index (χ1) is 12.5. The van der Waals surface area contributed by atoms with Crippen molar-refractivity contribution >= 4 is 11.6 Å². The maximum absolute atomic E-state index is 12.5. The number of nitrogens with one attached hydrogen (secondary N) is 2. The lowest BCUT2D eigenvalue weighted by Crippen LogP contribution is -2.40. The number of hydrogen-bond acceptors (Lipinski definition) is 5. The Morgan fingerprint density at radius 2 is 1.77 bits per heavy atom. The number of hydrogen-bond donors (Lipinski definition) is 3. The molecule has 1 saturated carbocycles. The zero-order valence-electron chi connectivity index (χ0n) is 14.2. The molecule has 2 aromatic carbocycles. The second-order valence-electron chi connectivity index (χ2n) is 6.40. The number of benzene rings is 2. The molecule has 1 fully saturated rings. The molecule has 0 saturated heterocycles. The lowest BCUT2D eigenvalue weighted by molar-refractivity contribution is -0.384. The SMILES string of the molecule is O=C(NC1CC1)[C@@H](NC[C@H](O)c1ccc([N+](=O)[O-])cc1)c1ccccc1. The van der Waals surface area contributed by atoms with Crippen LogP contribution in [0.4, 0.5) is 5.69 Å². The number of nitro benzene ring substituents is 1. The predicted molar refractivity (Wildman–Crippen MR) is 96.4 cm³/mol. The van der Waals surface area contributed by atoms with E-state index in [0.29, 0.717) is 5.56 Å². The second kappa shape index (κ2) is 8.07. The van der Waals surface area contributed by atoms with Crippen LogP contribution in [0.15, 0.2) is 54.6 Å². The Labute approximate surface area is 151 Å². The minimum absolute atomic E-state index is 0.0279. The van der Waals surface area contributed by atoms with Crippen molar-refractivity contribution in [2.24, 2.45) is 0 Å². The Kier molecular flexibility index (Phi) is 5.60. The van der Waals surface area contributed by atoms with Crippen LogP contribution < -0.4 is 10.6 Å². The quantitative estimate of drug-likeness (QED) is 0.497. The van der Waals surface area contributed by atoms with Gasteiger partial charge in [-0.3, -0.25) is 20.2 Å². The molecule has 1 aliphatic rings. The Hall–Kier alpha value is -2.77. The average Bonchev–Trinajstić information content (AvgIpc) is 3.46. The highest BCUT2D eigenvalue weighted by Gasteiger charge is 2.28. The van der Waals surface area contributed by atoms with Crippen LogP contribution in [-0.4, -0.2) is 28.5 Å². The van der Waals surface area contributed by atoms with Crippen molar-refractivity contribution in [3.05, 3.63) is 75.8 Å². The van der Waals surface area contributed by atoms with E-state index in [4.69, 9.17) is 0 Å². The molecule has 0 aliphatic heterocycles. The number of carbonyl (C=O) groups is 1. The number of aliphatic hydroxyl groups is 1. The number of carbonyl (C=O) groups excluding carboxylic acids is 1. The molecule has 7 heteroatoms. The van der Waals surface area contributed by atoms with Crippen LogP contribution in [0.1, 0.15) is 36.1 Å². The fourth-order valence-electron chi connectivity index (χ4n) is 2.69. The lowest BCUT2D eigenvalue weighted by atomic mass is 10.0. The fourth-order valence-corrected chi connectivity index (χ4v) is 2.69. The highest BCUT2D eigenvalue weighted by atomic mass is 16.6. The second-order valence-corrected chi connectivity index (χ2v) is 6.40. The van der Waals surface area contributed by atoms with Gasteiger partial charge in [0.05, 0.1) is 11.0 Å². The van der Waals surface area contributed by atoms with E-state index in [1.165, 1.54) is 24.3 Å². The molecule has 3 rings (SSSR count). The zero-order valence-corrected chi connectivity index (χ0v) is 14.2. The van der Waals surface area contributed by atoms with Crippen molar-refractivity contribution in [1.29, 1.82) is 0 Å². The average molecular weight is 355 g/mol. The van der Waals surface area contributed by atoms with E-state index in [0.717, 1.165) is 18.4 Å². The van der Waals surface area contributed by atoms with E-state index in [9.17, 15) is 20.0 Å². The van der Waals surface area contributed by atoms with Crippen LogP contribution in [0, 0.1) is 10.1 Å². The van der Waals surface area contributed by atoms with Crippen molar-refractivity contribution < 1.29 is 14.8 Å². The van der Waals surface area contributed by atoms with Gasteiger partial charge in [-0.25, -0.2) is 0 Å². The van der Waals surface area contributed by atoms with Gasteiger partial charge in [-0.1, -0.05) is 30.3 Å². The zero-order chi connectivity index (χ0) is 18.5. The molecule has 0 radical (unpaired) electrons. The summed E-state index contributed by atoms with van der Waals surface area (Å²) in [5.74, 6) is -0.116. The van der Waals surface area contributed by atoms with Crippen molar-refractivity contribution in [2.75, 3.05) is 6.54 Å². The molecule has 2 atom stereocenters. The van der Waals surface area contributed by atoms with Gasteiger partial charge >= 0.3 is 0 Å². The summed E-state index contributed by atoms with van der Waals surface area (Å²) in [6.07, 6.45) is 1.12. The van der Waals surface area contributed by atoms with Gasteiger partial charge in [0, 0.05) is 24.7 Å². The Balaban J connectivity index is 1.66. The predicted octanol–water partition coefficient (Wildman–Crippen LogP) is 2.24. The van der Waals surface area contributed by atoms with Gasteiger partial charge < -0.3 is 10.4 Å².